The molecule has 0 aromatic heterocycles. The normalized spacial score (nSPS) is 28.0. The summed E-state index contributed by atoms with van der Waals surface area (Å²) in [5.74, 6) is -2.36. The second-order valence-corrected chi connectivity index (χ2v) is 6.41. The summed E-state index contributed by atoms with van der Waals surface area (Å²) in [7, 11) is 0. The van der Waals surface area contributed by atoms with Gasteiger partial charge in [0.1, 0.15) is 5.60 Å². The monoisotopic (exact) mass is 294 g/mol. The minimum absolute atomic E-state index is 0.304. The average Bonchev–Trinajstić information content (AvgIpc) is 2.48. The summed E-state index contributed by atoms with van der Waals surface area (Å²) < 4.78 is 5.90. The minimum Gasteiger partial charge on any atom is -0.481 e. The van der Waals surface area contributed by atoms with E-state index < -0.39 is 17.8 Å². The van der Waals surface area contributed by atoms with E-state index in [4.69, 9.17) is 4.74 Å². The number of carbonyl (C=O) groups excluding carboxylic acids is 1. The van der Waals surface area contributed by atoms with Crippen LogP contribution in [0.4, 0.5) is 0 Å². The summed E-state index contributed by atoms with van der Waals surface area (Å²) in [5, 5.41) is 9.29. The highest BCUT2D eigenvalue weighted by Gasteiger charge is 2.41. The third-order valence-corrected chi connectivity index (χ3v) is 4.84. The predicted octanol–water partition coefficient (Wildman–Crippen LogP) is 3.70. The van der Waals surface area contributed by atoms with Gasteiger partial charge in [-0.25, -0.2) is 0 Å². The topological polar surface area (TPSA) is 63.6 Å². The highest BCUT2D eigenvalue weighted by molar-refractivity contribution is 5.82. The number of allylic oxidation sites excluding steroid dienone is 2. The molecule has 4 heteroatoms. The molecular weight excluding hydrogens is 268 g/mol. The molecule has 2 aliphatic rings. The molecular formula is C17H26O4. The van der Waals surface area contributed by atoms with Gasteiger partial charge in [-0.2, -0.15) is 0 Å². The molecule has 0 spiro atoms. The van der Waals surface area contributed by atoms with Gasteiger partial charge in [-0.05, 0) is 44.9 Å². The highest BCUT2D eigenvalue weighted by Crippen LogP contribution is 2.38. The van der Waals surface area contributed by atoms with E-state index in [1.165, 1.54) is 6.42 Å². The quantitative estimate of drug-likeness (QED) is 0.620. The summed E-state index contributed by atoms with van der Waals surface area (Å²) >= 11 is 0. The van der Waals surface area contributed by atoms with Crippen molar-refractivity contribution in [1.82, 2.24) is 0 Å². The molecule has 0 heterocycles. The highest BCUT2D eigenvalue weighted by atomic mass is 16.6. The van der Waals surface area contributed by atoms with Gasteiger partial charge in [0.15, 0.2) is 0 Å². The fraction of sp³-hybridized carbons (Fsp3) is 0.765. The fourth-order valence-electron chi connectivity index (χ4n) is 3.69. The van der Waals surface area contributed by atoms with Crippen LogP contribution >= 0.6 is 0 Å². The van der Waals surface area contributed by atoms with Crippen LogP contribution in [0.15, 0.2) is 12.2 Å². The first-order chi connectivity index (χ1) is 10.1. The van der Waals surface area contributed by atoms with Crippen molar-refractivity contribution < 1.29 is 19.4 Å². The fourth-order valence-corrected chi connectivity index (χ4v) is 3.69. The smallest absolute Gasteiger partial charge is 0.310 e. The molecule has 1 N–H and O–H groups in total. The summed E-state index contributed by atoms with van der Waals surface area (Å²) in [6.07, 6.45) is 11.8. The van der Waals surface area contributed by atoms with Crippen LogP contribution in [0.3, 0.4) is 0 Å². The van der Waals surface area contributed by atoms with E-state index >= 15 is 0 Å². The van der Waals surface area contributed by atoms with Gasteiger partial charge in [0.25, 0.3) is 0 Å². The third kappa shape index (κ3) is 3.86. The maximum atomic E-state index is 12.5. The Labute approximate surface area is 126 Å². The summed E-state index contributed by atoms with van der Waals surface area (Å²) in [6.45, 7) is 2.10. The van der Waals surface area contributed by atoms with Gasteiger partial charge in [0.2, 0.25) is 0 Å². The van der Waals surface area contributed by atoms with E-state index in [-0.39, 0.29) is 11.6 Å². The number of carboxylic acids is 1. The molecule has 0 aromatic carbocycles. The number of carbonyl (C=O) groups is 2. The number of rotatable bonds is 5. The van der Waals surface area contributed by atoms with Crippen LogP contribution in [-0.4, -0.2) is 22.6 Å². The zero-order valence-electron chi connectivity index (χ0n) is 12.8. The maximum absolute atomic E-state index is 12.5. The Balaban J connectivity index is 2.07. The van der Waals surface area contributed by atoms with Crippen molar-refractivity contribution in [1.29, 1.82) is 0 Å². The zero-order chi connectivity index (χ0) is 15.3. The van der Waals surface area contributed by atoms with E-state index in [9.17, 15) is 14.7 Å². The van der Waals surface area contributed by atoms with Gasteiger partial charge in [-0.3, -0.25) is 9.59 Å². The molecule has 2 rings (SSSR count). The number of ether oxygens (including phenoxy) is 1. The molecule has 21 heavy (non-hydrogen) atoms. The van der Waals surface area contributed by atoms with E-state index in [2.05, 4.69) is 6.92 Å². The first kappa shape index (κ1) is 16.1. The van der Waals surface area contributed by atoms with Crippen molar-refractivity contribution in [3.8, 4) is 0 Å². The molecule has 2 atom stereocenters. The van der Waals surface area contributed by atoms with Crippen LogP contribution in [0.5, 0.6) is 0 Å². The molecule has 1 fully saturated rings. The Morgan fingerprint density at radius 1 is 1.14 bits per heavy atom. The van der Waals surface area contributed by atoms with Crippen molar-refractivity contribution >= 4 is 11.9 Å². The molecule has 2 unspecified atom stereocenters. The molecule has 1 saturated carbocycles. The molecule has 118 valence electrons. The molecule has 0 bridgehead atoms. The summed E-state index contributed by atoms with van der Waals surface area (Å²) in [5.41, 5.74) is -0.339. The molecule has 0 aromatic rings. The third-order valence-electron chi connectivity index (χ3n) is 4.84. The molecule has 0 amide bonds. The minimum atomic E-state index is -0.894. The second kappa shape index (κ2) is 7.10. The lowest BCUT2D eigenvalue weighted by atomic mass is 9.80. The summed E-state index contributed by atoms with van der Waals surface area (Å²) in [6, 6.07) is 0. The van der Waals surface area contributed by atoms with Gasteiger partial charge in [0, 0.05) is 0 Å². The van der Waals surface area contributed by atoms with Crippen LogP contribution in [0.25, 0.3) is 0 Å². The van der Waals surface area contributed by atoms with Gasteiger partial charge >= 0.3 is 11.9 Å². The number of hydrogen-bond acceptors (Lipinski definition) is 3. The zero-order valence-corrected chi connectivity index (χ0v) is 12.8. The van der Waals surface area contributed by atoms with Crippen molar-refractivity contribution in [2.24, 2.45) is 11.8 Å². The van der Waals surface area contributed by atoms with Gasteiger partial charge < -0.3 is 9.84 Å². The van der Waals surface area contributed by atoms with Crippen LogP contribution in [0.1, 0.15) is 64.7 Å². The van der Waals surface area contributed by atoms with Crippen LogP contribution < -0.4 is 0 Å². The second-order valence-electron chi connectivity index (χ2n) is 6.41. The van der Waals surface area contributed by atoms with Gasteiger partial charge in [-0.15, -0.1) is 0 Å². The largest absolute Gasteiger partial charge is 0.481 e. The number of carboxylic acid groups (broad SMARTS) is 1. The Morgan fingerprint density at radius 3 is 2.33 bits per heavy atom. The molecule has 0 saturated heterocycles. The average molecular weight is 294 g/mol. The lowest BCUT2D eigenvalue weighted by Crippen LogP contribution is -2.41. The standard InChI is InChI=1S/C17H26O4/c1-2-10-17(11-6-3-7-12-17)21-16(20)14-9-5-4-8-13(14)15(18)19/h4-5,13-14H,2-3,6-12H2,1H3,(H,18,19). The first-order valence-corrected chi connectivity index (χ1v) is 8.18. The molecule has 0 aliphatic heterocycles. The van der Waals surface area contributed by atoms with Crippen LogP contribution in [0.2, 0.25) is 0 Å². The van der Waals surface area contributed by atoms with Crippen molar-refractivity contribution in [2.75, 3.05) is 0 Å². The van der Waals surface area contributed by atoms with E-state index in [0.717, 1.165) is 38.5 Å². The summed E-state index contributed by atoms with van der Waals surface area (Å²) in [4.78, 5) is 23.9. The lowest BCUT2D eigenvalue weighted by molar-refractivity contribution is -0.174. The van der Waals surface area contributed by atoms with Crippen molar-refractivity contribution in [2.45, 2.75) is 70.3 Å². The SMILES string of the molecule is CCCC1(OC(=O)C2CC=CCC2C(=O)O)CCCCC1. The lowest BCUT2D eigenvalue weighted by Gasteiger charge is -2.38. The Kier molecular flexibility index (Phi) is 5.43. The molecule has 4 nitrogen and oxygen atoms in total. The van der Waals surface area contributed by atoms with Gasteiger partial charge in [-0.1, -0.05) is 31.9 Å². The van der Waals surface area contributed by atoms with E-state index in [0.29, 0.717) is 12.8 Å². The molecule has 2 aliphatic carbocycles. The van der Waals surface area contributed by atoms with Crippen LogP contribution in [0, 0.1) is 11.8 Å². The Hall–Kier alpha value is -1.32. The Bertz CT molecular complexity index is 402. The van der Waals surface area contributed by atoms with E-state index in [1.54, 1.807) is 0 Å². The van der Waals surface area contributed by atoms with Gasteiger partial charge in [0.05, 0.1) is 11.8 Å². The number of aliphatic carboxylic acids is 1. The first-order valence-electron chi connectivity index (χ1n) is 8.18. The Morgan fingerprint density at radius 2 is 1.76 bits per heavy atom. The van der Waals surface area contributed by atoms with E-state index in [1.807, 2.05) is 12.2 Å². The van der Waals surface area contributed by atoms with Crippen molar-refractivity contribution in [3.63, 3.8) is 0 Å². The van der Waals surface area contributed by atoms with Crippen LogP contribution in [-0.2, 0) is 14.3 Å². The maximum Gasteiger partial charge on any atom is 0.310 e. The van der Waals surface area contributed by atoms with Crippen molar-refractivity contribution in [3.05, 3.63) is 12.2 Å². The number of esters is 1. The number of hydrogen-bond donors (Lipinski definition) is 1. The predicted molar refractivity (Wildman–Crippen MR) is 79.8 cm³/mol. The molecule has 0 radical (unpaired) electrons.